The molecule has 4 heterocycles. The van der Waals surface area contributed by atoms with E-state index < -0.39 is 0 Å². The number of rotatable bonds is 10. The summed E-state index contributed by atoms with van der Waals surface area (Å²) in [4.78, 5) is 43.9. The molecule has 4 rings (SSSR count). The van der Waals surface area contributed by atoms with Gasteiger partial charge in [-0.2, -0.15) is 4.98 Å². The summed E-state index contributed by atoms with van der Waals surface area (Å²) in [6.07, 6.45) is 6.10. The third-order valence-corrected chi connectivity index (χ3v) is 7.22. The van der Waals surface area contributed by atoms with E-state index in [4.69, 9.17) is 16.3 Å². The van der Waals surface area contributed by atoms with Crippen LogP contribution >= 0.6 is 22.9 Å². The number of piperazine rings is 1. The smallest absolute Gasteiger partial charge is 0.238 e. The van der Waals surface area contributed by atoms with E-state index in [-0.39, 0.29) is 35.5 Å². The Kier molecular flexibility index (Phi) is 8.89. The topological polar surface area (TPSA) is 105 Å². The number of hydrogen-bond acceptors (Lipinski definition) is 8. The van der Waals surface area contributed by atoms with Crippen molar-refractivity contribution in [2.45, 2.75) is 38.3 Å². The molecule has 0 bridgehead atoms. The second-order valence-electron chi connectivity index (χ2n) is 8.64. The highest BCUT2D eigenvalue weighted by atomic mass is 35.5. The Morgan fingerprint density at radius 1 is 1.33 bits per heavy atom. The zero-order valence-corrected chi connectivity index (χ0v) is 21.9. The highest BCUT2D eigenvalue weighted by Gasteiger charge is 2.32. The minimum atomic E-state index is -0.274. The van der Waals surface area contributed by atoms with E-state index in [0.717, 1.165) is 6.42 Å². The Labute approximate surface area is 219 Å². The molecule has 3 aromatic rings. The van der Waals surface area contributed by atoms with Gasteiger partial charge in [-0.3, -0.25) is 14.2 Å². The van der Waals surface area contributed by atoms with E-state index in [1.165, 1.54) is 4.88 Å². The van der Waals surface area contributed by atoms with E-state index in [0.29, 0.717) is 44.4 Å². The molecular weight excluding hydrogens is 502 g/mol. The molecule has 2 amide bonds. The largest absolute Gasteiger partial charge is 0.381 e. The molecule has 0 aliphatic carbocycles. The molecule has 36 heavy (non-hydrogen) atoms. The van der Waals surface area contributed by atoms with Gasteiger partial charge in [-0.1, -0.05) is 17.7 Å². The number of methoxy groups -OCH3 is 1. The quantitative estimate of drug-likeness (QED) is 0.401. The number of nitrogens with zero attached hydrogens (tertiary/aromatic N) is 6. The van der Waals surface area contributed by atoms with Gasteiger partial charge in [0.05, 0.1) is 18.6 Å². The van der Waals surface area contributed by atoms with E-state index in [2.05, 4.69) is 26.3 Å². The molecule has 12 heteroatoms. The van der Waals surface area contributed by atoms with Crippen LogP contribution in [0.5, 0.6) is 0 Å². The summed E-state index contributed by atoms with van der Waals surface area (Å²) >= 11 is 8.01. The van der Waals surface area contributed by atoms with Crippen LogP contribution in [0.3, 0.4) is 0 Å². The Hall–Kier alpha value is -3.02. The number of carbonyl (C=O) groups is 2. The van der Waals surface area contributed by atoms with Gasteiger partial charge in [0.25, 0.3) is 0 Å². The molecule has 3 aromatic heterocycles. The van der Waals surface area contributed by atoms with Crippen LogP contribution in [-0.4, -0.2) is 81.7 Å². The lowest BCUT2D eigenvalue weighted by Crippen LogP contribution is -2.56. The first-order valence-electron chi connectivity index (χ1n) is 11.8. The molecular formula is C24H30ClN7O3S. The molecule has 0 spiro atoms. The number of thiophene rings is 1. The molecule has 1 aliphatic heterocycles. The maximum atomic E-state index is 12.9. The number of ether oxygens (including phenoxy) is 1. The Bertz CT molecular complexity index is 1140. The van der Waals surface area contributed by atoms with Crippen molar-refractivity contribution in [2.75, 3.05) is 38.2 Å². The normalized spacial score (nSPS) is 16.7. The third-order valence-electron chi connectivity index (χ3n) is 6.09. The molecule has 1 fully saturated rings. The lowest BCUT2D eigenvalue weighted by molar-refractivity contribution is -0.135. The van der Waals surface area contributed by atoms with Gasteiger partial charge in [-0.05, 0) is 24.8 Å². The van der Waals surface area contributed by atoms with Crippen LogP contribution in [-0.2, 0) is 20.7 Å². The number of hydrogen-bond donors (Lipinski definition) is 1. The van der Waals surface area contributed by atoms with Crippen LogP contribution in [0.1, 0.15) is 24.6 Å². The summed E-state index contributed by atoms with van der Waals surface area (Å²) in [5, 5.41) is 5.33. The van der Waals surface area contributed by atoms with E-state index >= 15 is 0 Å². The van der Waals surface area contributed by atoms with Crippen LogP contribution in [0.4, 0.5) is 5.82 Å². The molecule has 1 aliphatic rings. The van der Waals surface area contributed by atoms with Crippen LogP contribution in [0.25, 0.3) is 5.95 Å². The monoisotopic (exact) mass is 531 g/mol. The third kappa shape index (κ3) is 6.80. The fourth-order valence-electron chi connectivity index (χ4n) is 4.12. The van der Waals surface area contributed by atoms with Crippen LogP contribution in [0.2, 0.25) is 5.15 Å². The van der Waals surface area contributed by atoms with Crippen molar-refractivity contribution in [3.63, 3.8) is 0 Å². The second-order valence-corrected chi connectivity index (χ2v) is 10.1. The van der Waals surface area contributed by atoms with Crippen LogP contribution in [0, 0.1) is 0 Å². The molecule has 10 nitrogen and oxygen atoms in total. The van der Waals surface area contributed by atoms with E-state index in [9.17, 15) is 9.59 Å². The lowest BCUT2D eigenvalue weighted by Gasteiger charge is -2.42. The number of anilines is 1. The van der Waals surface area contributed by atoms with E-state index in [1.54, 1.807) is 52.7 Å². The van der Waals surface area contributed by atoms with Gasteiger partial charge < -0.3 is 19.9 Å². The van der Waals surface area contributed by atoms with Crippen LogP contribution < -0.4 is 10.2 Å². The number of halogens is 1. The van der Waals surface area contributed by atoms with Gasteiger partial charge in [0.2, 0.25) is 17.8 Å². The highest BCUT2D eigenvalue weighted by Crippen LogP contribution is 2.24. The number of nitrogens with one attached hydrogen (secondary N) is 1. The van der Waals surface area contributed by atoms with Gasteiger partial charge in [0, 0.05) is 63.0 Å². The molecule has 2 atom stereocenters. The predicted molar refractivity (Wildman–Crippen MR) is 139 cm³/mol. The Morgan fingerprint density at radius 3 is 2.92 bits per heavy atom. The SMILES string of the molecule is COC(C)CC(=O)N1CCN(c2cc(Cl)nc(-n3ccnc3)n2)C(CC(=O)NCCc2cccs2)C1. The summed E-state index contributed by atoms with van der Waals surface area (Å²) in [5.41, 5.74) is 0. The summed E-state index contributed by atoms with van der Waals surface area (Å²) in [6, 6.07) is 5.47. The lowest BCUT2D eigenvalue weighted by atomic mass is 10.1. The highest BCUT2D eigenvalue weighted by molar-refractivity contribution is 7.09. The van der Waals surface area contributed by atoms with E-state index in [1.807, 2.05) is 23.3 Å². The zero-order valence-electron chi connectivity index (χ0n) is 20.3. The fraction of sp³-hybridized carbons (Fsp3) is 0.458. The van der Waals surface area contributed by atoms with Crippen molar-refractivity contribution >= 4 is 40.6 Å². The van der Waals surface area contributed by atoms with Gasteiger partial charge in [0.15, 0.2) is 0 Å². The molecule has 0 aromatic carbocycles. The average molecular weight is 532 g/mol. The number of imidazole rings is 1. The van der Waals surface area contributed by atoms with Crippen molar-refractivity contribution in [3.05, 3.63) is 52.3 Å². The van der Waals surface area contributed by atoms with Crippen molar-refractivity contribution in [3.8, 4) is 5.95 Å². The Balaban J connectivity index is 1.50. The number of aromatic nitrogens is 4. The first kappa shape index (κ1) is 26.1. The van der Waals surface area contributed by atoms with Crippen molar-refractivity contribution in [1.82, 2.24) is 29.7 Å². The fourth-order valence-corrected chi connectivity index (χ4v) is 5.00. The minimum Gasteiger partial charge on any atom is -0.381 e. The maximum Gasteiger partial charge on any atom is 0.238 e. The first-order valence-corrected chi connectivity index (χ1v) is 13.1. The predicted octanol–water partition coefficient (Wildman–Crippen LogP) is 2.57. The van der Waals surface area contributed by atoms with Crippen molar-refractivity contribution < 1.29 is 14.3 Å². The zero-order chi connectivity index (χ0) is 25.5. The number of carbonyl (C=O) groups excluding carboxylic acids is 2. The van der Waals surface area contributed by atoms with Gasteiger partial charge in [-0.15, -0.1) is 11.3 Å². The number of amides is 2. The molecule has 1 saturated heterocycles. The van der Waals surface area contributed by atoms with Gasteiger partial charge in [0.1, 0.15) is 17.3 Å². The van der Waals surface area contributed by atoms with Gasteiger partial charge >= 0.3 is 0 Å². The maximum absolute atomic E-state index is 12.9. The van der Waals surface area contributed by atoms with Crippen molar-refractivity contribution in [2.24, 2.45) is 0 Å². The molecule has 0 saturated carbocycles. The molecule has 192 valence electrons. The van der Waals surface area contributed by atoms with Crippen molar-refractivity contribution in [1.29, 1.82) is 0 Å². The first-order chi connectivity index (χ1) is 17.4. The average Bonchev–Trinajstić information content (AvgIpc) is 3.58. The summed E-state index contributed by atoms with van der Waals surface area (Å²) in [5.74, 6) is 0.928. The second kappa shape index (κ2) is 12.3. The minimum absolute atomic E-state index is 0.00641. The standard InChI is InChI=1S/C24H30ClN7O3S/c1-17(35-2)12-23(34)30-9-10-32(21-14-20(25)28-24(29-21)31-8-7-26-16-31)18(15-30)13-22(33)27-6-5-19-4-3-11-36-19/h3-4,7-8,11,14,16-18H,5-6,9-10,12-13,15H2,1-2H3,(H,27,33). The summed E-state index contributed by atoms with van der Waals surface area (Å²) in [7, 11) is 1.59. The van der Waals surface area contributed by atoms with Crippen LogP contribution in [0.15, 0.2) is 42.3 Å². The summed E-state index contributed by atoms with van der Waals surface area (Å²) in [6.45, 7) is 3.85. The molecule has 2 unspecified atom stereocenters. The van der Waals surface area contributed by atoms with Gasteiger partial charge in [-0.25, -0.2) is 9.97 Å². The molecule has 1 N–H and O–H groups in total. The summed E-state index contributed by atoms with van der Waals surface area (Å²) < 4.78 is 6.94. The molecule has 0 radical (unpaired) electrons. The Morgan fingerprint density at radius 2 is 2.19 bits per heavy atom.